The normalized spacial score (nSPS) is 20.5. The standard InChI is InChI=1S/C22H25N3O3/c1-16-4-2-5-18(10-16)21(27)25-14-22(15-25)8-7-17(13-28-22)11-24-20(26)19-6-3-9-23-12-19/h2-6,9-10,12,17H,7-8,11,13-15H2,1H3,(H,24,26)/t17-/m1/s1. The molecule has 2 aliphatic heterocycles. The number of aryl methyl sites for hydroxylation is 1. The average molecular weight is 379 g/mol. The summed E-state index contributed by atoms with van der Waals surface area (Å²) in [5.41, 5.74) is 2.19. The van der Waals surface area contributed by atoms with Crippen LogP contribution in [0.4, 0.5) is 0 Å². The Balaban J connectivity index is 1.23. The smallest absolute Gasteiger partial charge is 0.254 e. The lowest BCUT2D eigenvalue weighted by molar-refractivity contribution is -0.166. The number of hydrogen-bond acceptors (Lipinski definition) is 4. The van der Waals surface area contributed by atoms with Gasteiger partial charge in [-0.05, 0) is 49.9 Å². The topological polar surface area (TPSA) is 71.5 Å². The van der Waals surface area contributed by atoms with Gasteiger partial charge in [0.05, 0.1) is 25.3 Å². The van der Waals surface area contributed by atoms with Crippen LogP contribution >= 0.6 is 0 Å². The first-order chi connectivity index (χ1) is 13.5. The number of nitrogens with zero attached hydrogens (tertiary/aromatic N) is 2. The fourth-order valence-corrected chi connectivity index (χ4v) is 3.92. The van der Waals surface area contributed by atoms with Crippen LogP contribution < -0.4 is 5.32 Å². The Morgan fingerprint density at radius 1 is 1.25 bits per heavy atom. The second-order valence-electron chi connectivity index (χ2n) is 7.88. The summed E-state index contributed by atoms with van der Waals surface area (Å²) in [6.07, 6.45) is 5.12. The SMILES string of the molecule is Cc1cccc(C(=O)N2CC3(CC[C@H](CNC(=O)c4cccnc4)CO3)C2)c1. The second kappa shape index (κ2) is 7.72. The summed E-state index contributed by atoms with van der Waals surface area (Å²) < 4.78 is 6.13. The second-order valence-corrected chi connectivity index (χ2v) is 7.88. The summed E-state index contributed by atoms with van der Waals surface area (Å²) in [6.45, 7) is 4.49. The van der Waals surface area contributed by atoms with Gasteiger partial charge in [-0.25, -0.2) is 0 Å². The van der Waals surface area contributed by atoms with Crippen LogP contribution in [0.1, 0.15) is 39.1 Å². The molecule has 2 amide bonds. The van der Waals surface area contributed by atoms with Gasteiger partial charge < -0.3 is 15.0 Å². The molecule has 1 N–H and O–H groups in total. The van der Waals surface area contributed by atoms with Crippen molar-refractivity contribution in [1.29, 1.82) is 0 Å². The number of rotatable bonds is 4. The summed E-state index contributed by atoms with van der Waals surface area (Å²) in [4.78, 5) is 30.6. The molecule has 4 rings (SSSR count). The molecule has 2 aromatic rings. The third-order valence-electron chi connectivity index (χ3n) is 5.62. The predicted molar refractivity (Wildman–Crippen MR) is 105 cm³/mol. The summed E-state index contributed by atoms with van der Waals surface area (Å²) in [5.74, 6) is 0.267. The predicted octanol–water partition coefficient (Wildman–Crippen LogP) is 2.44. The van der Waals surface area contributed by atoms with Crippen molar-refractivity contribution in [2.24, 2.45) is 5.92 Å². The van der Waals surface area contributed by atoms with E-state index in [9.17, 15) is 9.59 Å². The van der Waals surface area contributed by atoms with E-state index in [4.69, 9.17) is 4.74 Å². The van der Waals surface area contributed by atoms with Crippen LogP contribution in [-0.4, -0.2) is 53.5 Å². The molecule has 2 fully saturated rings. The van der Waals surface area contributed by atoms with Gasteiger partial charge in [0.15, 0.2) is 0 Å². The van der Waals surface area contributed by atoms with Crippen LogP contribution in [-0.2, 0) is 4.74 Å². The highest BCUT2D eigenvalue weighted by molar-refractivity contribution is 5.95. The molecule has 1 atom stereocenters. The van der Waals surface area contributed by atoms with E-state index < -0.39 is 0 Å². The lowest BCUT2D eigenvalue weighted by atomic mass is 9.82. The molecular formula is C22H25N3O3. The maximum absolute atomic E-state index is 12.6. The van der Waals surface area contributed by atoms with Crippen LogP contribution in [0.3, 0.4) is 0 Å². The van der Waals surface area contributed by atoms with Gasteiger partial charge in [-0.1, -0.05) is 17.7 Å². The lowest BCUT2D eigenvalue weighted by Crippen LogP contribution is -2.66. The van der Waals surface area contributed by atoms with Crippen molar-refractivity contribution in [2.75, 3.05) is 26.2 Å². The molecule has 1 spiro atoms. The van der Waals surface area contributed by atoms with E-state index in [0.29, 0.717) is 37.7 Å². The first-order valence-corrected chi connectivity index (χ1v) is 9.73. The largest absolute Gasteiger partial charge is 0.371 e. The Kier molecular flexibility index (Phi) is 5.13. The van der Waals surface area contributed by atoms with Crippen molar-refractivity contribution < 1.29 is 14.3 Å². The Morgan fingerprint density at radius 2 is 2.07 bits per heavy atom. The minimum absolute atomic E-state index is 0.0729. The molecular weight excluding hydrogens is 354 g/mol. The first kappa shape index (κ1) is 18.6. The summed E-state index contributed by atoms with van der Waals surface area (Å²) in [7, 11) is 0. The molecule has 1 aromatic carbocycles. The highest BCUT2D eigenvalue weighted by Crippen LogP contribution is 2.36. The zero-order valence-electron chi connectivity index (χ0n) is 16.1. The molecule has 146 valence electrons. The molecule has 28 heavy (non-hydrogen) atoms. The molecule has 0 saturated carbocycles. The fraction of sp³-hybridized carbons (Fsp3) is 0.409. The van der Waals surface area contributed by atoms with Crippen LogP contribution in [0.15, 0.2) is 48.8 Å². The lowest BCUT2D eigenvalue weighted by Gasteiger charge is -2.52. The molecule has 6 nitrogen and oxygen atoms in total. The third kappa shape index (κ3) is 3.92. The van der Waals surface area contributed by atoms with Crippen LogP contribution in [0.25, 0.3) is 0 Å². The first-order valence-electron chi connectivity index (χ1n) is 9.73. The van der Waals surface area contributed by atoms with E-state index in [-0.39, 0.29) is 17.4 Å². The van der Waals surface area contributed by atoms with Gasteiger partial charge in [0.2, 0.25) is 0 Å². The summed E-state index contributed by atoms with van der Waals surface area (Å²) in [6, 6.07) is 11.2. The minimum Gasteiger partial charge on any atom is -0.371 e. The fourth-order valence-electron chi connectivity index (χ4n) is 3.92. The quantitative estimate of drug-likeness (QED) is 0.886. The molecule has 0 bridgehead atoms. The van der Waals surface area contributed by atoms with E-state index in [1.54, 1.807) is 24.5 Å². The number of benzene rings is 1. The van der Waals surface area contributed by atoms with E-state index >= 15 is 0 Å². The summed E-state index contributed by atoms with van der Waals surface area (Å²) in [5, 5.41) is 2.96. The van der Waals surface area contributed by atoms with Crippen molar-refractivity contribution >= 4 is 11.8 Å². The number of likely N-dealkylation sites (tertiary alicyclic amines) is 1. The molecule has 1 aromatic heterocycles. The number of ether oxygens (including phenoxy) is 1. The number of amides is 2. The Bertz CT molecular complexity index is 852. The van der Waals surface area contributed by atoms with Crippen molar-refractivity contribution in [3.05, 3.63) is 65.5 Å². The van der Waals surface area contributed by atoms with Crippen LogP contribution in [0, 0.1) is 12.8 Å². The zero-order chi connectivity index (χ0) is 19.6. The van der Waals surface area contributed by atoms with Gasteiger partial charge in [-0.15, -0.1) is 0 Å². The number of hydrogen-bond donors (Lipinski definition) is 1. The highest BCUT2D eigenvalue weighted by atomic mass is 16.5. The minimum atomic E-state index is -0.205. The van der Waals surface area contributed by atoms with E-state index in [2.05, 4.69) is 10.3 Å². The van der Waals surface area contributed by atoms with E-state index in [1.165, 1.54) is 0 Å². The van der Waals surface area contributed by atoms with Gasteiger partial charge in [-0.2, -0.15) is 0 Å². The van der Waals surface area contributed by atoms with Gasteiger partial charge in [-0.3, -0.25) is 14.6 Å². The molecule has 6 heteroatoms. The number of carbonyl (C=O) groups is 2. The van der Waals surface area contributed by atoms with Crippen LogP contribution in [0.5, 0.6) is 0 Å². The number of nitrogens with one attached hydrogen (secondary N) is 1. The Labute approximate surface area is 164 Å². The molecule has 2 aliphatic rings. The van der Waals surface area contributed by atoms with Crippen molar-refractivity contribution in [2.45, 2.75) is 25.4 Å². The average Bonchev–Trinajstić information content (AvgIpc) is 2.71. The highest BCUT2D eigenvalue weighted by Gasteiger charge is 2.48. The van der Waals surface area contributed by atoms with E-state index in [1.807, 2.05) is 36.1 Å². The number of carbonyl (C=O) groups excluding carboxylic acids is 2. The molecule has 0 radical (unpaired) electrons. The monoisotopic (exact) mass is 379 g/mol. The van der Waals surface area contributed by atoms with E-state index in [0.717, 1.165) is 24.0 Å². The van der Waals surface area contributed by atoms with Gasteiger partial charge in [0, 0.05) is 24.5 Å². The molecule has 2 saturated heterocycles. The Hall–Kier alpha value is -2.73. The van der Waals surface area contributed by atoms with Crippen molar-refractivity contribution in [3.63, 3.8) is 0 Å². The molecule has 0 aliphatic carbocycles. The third-order valence-corrected chi connectivity index (χ3v) is 5.62. The van der Waals surface area contributed by atoms with Gasteiger partial charge >= 0.3 is 0 Å². The number of pyridine rings is 1. The Morgan fingerprint density at radius 3 is 2.75 bits per heavy atom. The van der Waals surface area contributed by atoms with Crippen molar-refractivity contribution in [3.8, 4) is 0 Å². The van der Waals surface area contributed by atoms with Crippen molar-refractivity contribution in [1.82, 2.24) is 15.2 Å². The maximum atomic E-state index is 12.6. The molecule has 3 heterocycles. The van der Waals surface area contributed by atoms with Gasteiger partial charge in [0.1, 0.15) is 5.60 Å². The van der Waals surface area contributed by atoms with Gasteiger partial charge in [0.25, 0.3) is 11.8 Å². The maximum Gasteiger partial charge on any atom is 0.254 e. The molecule has 0 unspecified atom stereocenters. The number of aromatic nitrogens is 1. The summed E-state index contributed by atoms with van der Waals surface area (Å²) >= 11 is 0. The zero-order valence-corrected chi connectivity index (χ0v) is 16.1. The van der Waals surface area contributed by atoms with Crippen LogP contribution in [0.2, 0.25) is 0 Å².